The molecule has 2 unspecified atom stereocenters. The maximum atomic E-state index is 12.2. The molecule has 19 heavy (non-hydrogen) atoms. The monoisotopic (exact) mass is 271 g/mol. The largest absolute Gasteiger partial charge is 0.480 e. The third-order valence-corrected chi connectivity index (χ3v) is 4.04. The number of nitrogens with zero attached hydrogens (tertiary/aromatic N) is 3. The van der Waals surface area contributed by atoms with Crippen molar-refractivity contribution in [3.05, 3.63) is 0 Å². The molecule has 1 rings (SSSR count). The third kappa shape index (κ3) is 3.83. The van der Waals surface area contributed by atoms with E-state index in [0.29, 0.717) is 19.1 Å². The van der Waals surface area contributed by atoms with Gasteiger partial charge >= 0.3 is 12.0 Å². The highest BCUT2D eigenvalue weighted by atomic mass is 16.4. The maximum Gasteiger partial charge on any atom is 0.326 e. The Balaban J connectivity index is 2.51. The SMILES string of the molecule is CCC(C)N1CCN(C(=O)N(C)C(C)C(=O)O)CC1. The fourth-order valence-corrected chi connectivity index (χ4v) is 2.17. The van der Waals surface area contributed by atoms with Crippen molar-refractivity contribution in [2.75, 3.05) is 33.2 Å². The number of piperazine rings is 1. The number of carboxylic acid groups (broad SMARTS) is 1. The standard InChI is InChI=1S/C13H25N3O3/c1-5-10(2)15-6-8-16(9-7-15)13(19)14(4)11(3)12(17)18/h10-11H,5-9H2,1-4H3,(H,17,18). The van der Waals surface area contributed by atoms with E-state index < -0.39 is 12.0 Å². The molecular weight excluding hydrogens is 246 g/mol. The van der Waals surface area contributed by atoms with Crippen molar-refractivity contribution in [1.82, 2.24) is 14.7 Å². The molecule has 1 N–H and O–H groups in total. The fourth-order valence-electron chi connectivity index (χ4n) is 2.17. The van der Waals surface area contributed by atoms with E-state index in [9.17, 15) is 9.59 Å². The predicted molar refractivity (Wildman–Crippen MR) is 73.2 cm³/mol. The summed E-state index contributed by atoms with van der Waals surface area (Å²) in [5, 5.41) is 8.93. The molecule has 0 saturated carbocycles. The van der Waals surface area contributed by atoms with Gasteiger partial charge in [0.05, 0.1) is 0 Å². The van der Waals surface area contributed by atoms with Crippen molar-refractivity contribution in [2.24, 2.45) is 0 Å². The van der Waals surface area contributed by atoms with Gasteiger partial charge < -0.3 is 14.9 Å². The van der Waals surface area contributed by atoms with E-state index in [4.69, 9.17) is 5.11 Å². The second kappa shape index (κ2) is 6.75. The van der Waals surface area contributed by atoms with Gasteiger partial charge in [0.15, 0.2) is 0 Å². The molecule has 0 aromatic heterocycles. The Morgan fingerprint density at radius 1 is 1.21 bits per heavy atom. The second-order valence-corrected chi connectivity index (χ2v) is 5.19. The van der Waals surface area contributed by atoms with Crippen LogP contribution in [0.2, 0.25) is 0 Å². The smallest absolute Gasteiger partial charge is 0.326 e. The van der Waals surface area contributed by atoms with E-state index in [1.165, 1.54) is 11.8 Å². The van der Waals surface area contributed by atoms with Crippen LogP contribution in [0.15, 0.2) is 0 Å². The van der Waals surface area contributed by atoms with Crippen molar-refractivity contribution in [3.8, 4) is 0 Å². The molecule has 0 radical (unpaired) electrons. The Hall–Kier alpha value is -1.30. The number of hydrogen-bond acceptors (Lipinski definition) is 3. The Bertz CT molecular complexity index is 327. The molecular formula is C13H25N3O3. The normalized spacial score (nSPS) is 19.9. The fraction of sp³-hybridized carbons (Fsp3) is 0.846. The molecule has 110 valence electrons. The van der Waals surface area contributed by atoms with Crippen LogP contribution in [-0.4, -0.2) is 77.1 Å². The van der Waals surface area contributed by atoms with Gasteiger partial charge in [-0.1, -0.05) is 6.92 Å². The van der Waals surface area contributed by atoms with Gasteiger partial charge in [-0.25, -0.2) is 9.59 Å². The first-order valence-electron chi connectivity index (χ1n) is 6.87. The van der Waals surface area contributed by atoms with Crippen molar-refractivity contribution in [2.45, 2.75) is 39.3 Å². The topological polar surface area (TPSA) is 64.1 Å². The number of rotatable bonds is 4. The molecule has 2 amide bonds. The molecule has 0 bridgehead atoms. The van der Waals surface area contributed by atoms with Crippen LogP contribution in [-0.2, 0) is 4.79 Å². The summed E-state index contributed by atoms with van der Waals surface area (Å²) in [6.07, 6.45) is 1.10. The van der Waals surface area contributed by atoms with Gasteiger partial charge in [0.2, 0.25) is 0 Å². The Labute approximate surface area is 115 Å². The summed E-state index contributed by atoms with van der Waals surface area (Å²) >= 11 is 0. The summed E-state index contributed by atoms with van der Waals surface area (Å²) in [6.45, 7) is 8.92. The van der Waals surface area contributed by atoms with Crippen LogP contribution in [0, 0.1) is 0 Å². The molecule has 6 heteroatoms. The molecule has 1 aliphatic rings. The highest BCUT2D eigenvalue weighted by molar-refractivity contribution is 5.82. The van der Waals surface area contributed by atoms with Crippen LogP contribution in [0.4, 0.5) is 4.79 Å². The summed E-state index contributed by atoms with van der Waals surface area (Å²) in [5.41, 5.74) is 0. The lowest BCUT2D eigenvalue weighted by atomic mass is 10.2. The van der Waals surface area contributed by atoms with Crippen LogP contribution in [0.3, 0.4) is 0 Å². The number of urea groups is 1. The van der Waals surface area contributed by atoms with Gasteiger partial charge in [-0.2, -0.15) is 0 Å². The lowest BCUT2D eigenvalue weighted by Gasteiger charge is -2.39. The lowest BCUT2D eigenvalue weighted by molar-refractivity contribution is -0.141. The van der Waals surface area contributed by atoms with Gasteiger partial charge in [-0.15, -0.1) is 0 Å². The van der Waals surface area contributed by atoms with E-state index in [-0.39, 0.29) is 6.03 Å². The lowest BCUT2D eigenvalue weighted by Crippen LogP contribution is -2.55. The average Bonchev–Trinajstić information content (AvgIpc) is 2.44. The molecule has 2 atom stereocenters. The summed E-state index contributed by atoms with van der Waals surface area (Å²) in [4.78, 5) is 28.4. The molecule has 0 aromatic rings. The van der Waals surface area contributed by atoms with Crippen LogP contribution < -0.4 is 0 Å². The third-order valence-electron chi connectivity index (χ3n) is 4.04. The second-order valence-electron chi connectivity index (χ2n) is 5.19. The minimum atomic E-state index is -0.978. The average molecular weight is 271 g/mol. The van der Waals surface area contributed by atoms with Gasteiger partial charge in [0.25, 0.3) is 0 Å². The summed E-state index contributed by atoms with van der Waals surface area (Å²) in [7, 11) is 1.54. The van der Waals surface area contributed by atoms with Crippen molar-refractivity contribution >= 4 is 12.0 Å². The predicted octanol–water partition coefficient (Wildman–Crippen LogP) is 0.927. The number of likely N-dealkylation sites (N-methyl/N-ethyl adjacent to an activating group) is 1. The van der Waals surface area contributed by atoms with Gasteiger partial charge in [0.1, 0.15) is 6.04 Å². The van der Waals surface area contributed by atoms with Gasteiger partial charge in [0, 0.05) is 39.3 Å². The first kappa shape index (κ1) is 15.8. The number of carbonyl (C=O) groups excluding carboxylic acids is 1. The summed E-state index contributed by atoms with van der Waals surface area (Å²) < 4.78 is 0. The molecule has 0 spiro atoms. The summed E-state index contributed by atoms with van der Waals surface area (Å²) in [5.74, 6) is -0.978. The van der Waals surface area contributed by atoms with Crippen LogP contribution in [0.5, 0.6) is 0 Å². The Morgan fingerprint density at radius 3 is 2.16 bits per heavy atom. The Morgan fingerprint density at radius 2 is 1.74 bits per heavy atom. The quantitative estimate of drug-likeness (QED) is 0.826. The van der Waals surface area contributed by atoms with E-state index in [1.807, 2.05) is 0 Å². The number of carboxylic acids is 1. The maximum absolute atomic E-state index is 12.2. The van der Waals surface area contributed by atoms with E-state index in [2.05, 4.69) is 18.7 Å². The zero-order chi connectivity index (χ0) is 14.6. The zero-order valence-corrected chi connectivity index (χ0v) is 12.3. The van der Waals surface area contributed by atoms with Gasteiger partial charge in [-0.3, -0.25) is 4.90 Å². The van der Waals surface area contributed by atoms with Crippen LogP contribution in [0.1, 0.15) is 27.2 Å². The highest BCUT2D eigenvalue weighted by Gasteiger charge is 2.29. The molecule has 1 saturated heterocycles. The summed E-state index contributed by atoms with van der Waals surface area (Å²) in [6, 6.07) is -0.452. The minimum absolute atomic E-state index is 0.196. The van der Waals surface area contributed by atoms with E-state index in [0.717, 1.165) is 19.5 Å². The van der Waals surface area contributed by atoms with Crippen molar-refractivity contribution in [3.63, 3.8) is 0 Å². The number of amides is 2. The Kier molecular flexibility index (Phi) is 5.60. The highest BCUT2D eigenvalue weighted by Crippen LogP contribution is 2.11. The molecule has 1 fully saturated rings. The first-order valence-corrected chi connectivity index (χ1v) is 6.87. The van der Waals surface area contributed by atoms with Crippen molar-refractivity contribution in [1.29, 1.82) is 0 Å². The van der Waals surface area contributed by atoms with Gasteiger partial charge in [-0.05, 0) is 20.3 Å². The molecule has 6 nitrogen and oxygen atoms in total. The number of aliphatic carboxylic acids is 1. The molecule has 0 aromatic carbocycles. The number of carbonyl (C=O) groups is 2. The first-order chi connectivity index (χ1) is 8.88. The van der Waals surface area contributed by atoms with Crippen LogP contribution >= 0.6 is 0 Å². The van der Waals surface area contributed by atoms with Crippen molar-refractivity contribution < 1.29 is 14.7 Å². The zero-order valence-electron chi connectivity index (χ0n) is 12.3. The minimum Gasteiger partial charge on any atom is -0.480 e. The van der Waals surface area contributed by atoms with E-state index >= 15 is 0 Å². The molecule has 0 aliphatic carbocycles. The van der Waals surface area contributed by atoms with E-state index in [1.54, 1.807) is 11.9 Å². The molecule has 1 aliphatic heterocycles. The number of hydrogen-bond donors (Lipinski definition) is 1. The van der Waals surface area contributed by atoms with Crippen LogP contribution in [0.25, 0.3) is 0 Å². The molecule has 1 heterocycles.